The highest BCUT2D eigenvalue weighted by Gasteiger charge is 2.24. The van der Waals surface area contributed by atoms with Gasteiger partial charge in [-0.1, -0.05) is 0 Å². The van der Waals surface area contributed by atoms with Gasteiger partial charge in [-0.15, -0.1) is 0 Å². The third-order valence-electron chi connectivity index (χ3n) is 4.34. The number of amides is 1. The molecular weight excluding hydrogens is 292 g/mol. The summed E-state index contributed by atoms with van der Waals surface area (Å²) in [7, 11) is 0. The number of carbonyl (C=O) groups is 1. The van der Waals surface area contributed by atoms with E-state index >= 15 is 0 Å². The molecule has 3 heterocycles. The first-order valence-corrected chi connectivity index (χ1v) is 7.88. The predicted molar refractivity (Wildman–Crippen MR) is 85.8 cm³/mol. The zero-order valence-electron chi connectivity index (χ0n) is 12.8. The molecule has 0 radical (unpaired) electrons. The summed E-state index contributed by atoms with van der Waals surface area (Å²) < 4.78 is 5.50. The molecule has 6 heteroatoms. The maximum absolute atomic E-state index is 12.7. The van der Waals surface area contributed by atoms with Crippen molar-refractivity contribution in [3.05, 3.63) is 47.8 Å². The van der Waals surface area contributed by atoms with E-state index in [2.05, 4.69) is 14.9 Å². The molecule has 2 aromatic rings. The Morgan fingerprint density at radius 2 is 1.87 bits per heavy atom. The Labute approximate surface area is 134 Å². The van der Waals surface area contributed by atoms with E-state index in [0.29, 0.717) is 19.7 Å². The molecule has 0 bridgehead atoms. The predicted octanol–water partition coefficient (Wildman–Crippen LogP) is 1.37. The SMILES string of the molecule is O=C(c1ccc2c(c1)CCO2)N1CCN(c2ncccn2)CC1. The first-order chi connectivity index (χ1) is 11.3. The molecule has 1 amide bonds. The van der Waals surface area contributed by atoms with Crippen molar-refractivity contribution in [3.8, 4) is 5.75 Å². The van der Waals surface area contributed by atoms with Gasteiger partial charge in [0.1, 0.15) is 5.75 Å². The molecule has 1 aromatic carbocycles. The van der Waals surface area contributed by atoms with Crippen LogP contribution in [0.2, 0.25) is 0 Å². The fourth-order valence-corrected chi connectivity index (χ4v) is 3.07. The van der Waals surface area contributed by atoms with E-state index in [1.807, 2.05) is 23.1 Å². The maximum Gasteiger partial charge on any atom is 0.253 e. The Morgan fingerprint density at radius 1 is 1.09 bits per heavy atom. The molecule has 0 unspecified atom stereocenters. The zero-order valence-corrected chi connectivity index (χ0v) is 12.8. The van der Waals surface area contributed by atoms with Crippen LogP contribution in [0.4, 0.5) is 5.95 Å². The van der Waals surface area contributed by atoms with E-state index in [9.17, 15) is 4.79 Å². The zero-order chi connectivity index (χ0) is 15.6. The Balaban J connectivity index is 1.43. The van der Waals surface area contributed by atoms with Crippen molar-refractivity contribution in [1.29, 1.82) is 0 Å². The fourth-order valence-electron chi connectivity index (χ4n) is 3.07. The molecule has 2 aliphatic heterocycles. The molecule has 0 atom stereocenters. The van der Waals surface area contributed by atoms with Crippen LogP contribution < -0.4 is 9.64 Å². The summed E-state index contributed by atoms with van der Waals surface area (Å²) in [6.45, 7) is 3.59. The number of hydrogen-bond donors (Lipinski definition) is 0. The van der Waals surface area contributed by atoms with E-state index in [1.54, 1.807) is 18.5 Å². The van der Waals surface area contributed by atoms with E-state index in [-0.39, 0.29) is 5.91 Å². The molecular formula is C17H18N4O2. The van der Waals surface area contributed by atoms with Gasteiger partial charge in [0, 0.05) is 50.6 Å². The summed E-state index contributed by atoms with van der Waals surface area (Å²) in [5.41, 5.74) is 1.88. The van der Waals surface area contributed by atoms with Crippen molar-refractivity contribution in [2.45, 2.75) is 6.42 Å². The standard InChI is InChI=1S/C17H18N4O2/c22-16(14-2-3-15-13(12-14)4-11-23-15)20-7-9-21(10-8-20)17-18-5-1-6-19-17/h1-3,5-6,12H,4,7-11H2. The van der Waals surface area contributed by atoms with E-state index in [0.717, 1.165) is 42.3 Å². The number of ether oxygens (including phenoxy) is 1. The van der Waals surface area contributed by atoms with Gasteiger partial charge in [-0.05, 0) is 29.8 Å². The second kappa shape index (κ2) is 5.87. The van der Waals surface area contributed by atoms with Gasteiger partial charge in [0.2, 0.25) is 5.95 Å². The second-order valence-corrected chi connectivity index (χ2v) is 5.75. The minimum Gasteiger partial charge on any atom is -0.493 e. The van der Waals surface area contributed by atoms with E-state index in [1.165, 1.54) is 0 Å². The molecule has 1 aromatic heterocycles. The number of anilines is 1. The summed E-state index contributed by atoms with van der Waals surface area (Å²) in [6.07, 6.45) is 4.37. The molecule has 1 saturated heterocycles. The summed E-state index contributed by atoms with van der Waals surface area (Å²) in [4.78, 5) is 25.2. The van der Waals surface area contributed by atoms with Crippen LogP contribution in [-0.4, -0.2) is 53.6 Å². The highest BCUT2D eigenvalue weighted by atomic mass is 16.5. The topological polar surface area (TPSA) is 58.6 Å². The van der Waals surface area contributed by atoms with Crippen LogP contribution in [0, 0.1) is 0 Å². The Morgan fingerprint density at radius 3 is 2.65 bits per heavy atom. The lowest BCUT2D eigenvalue weighted by Crippen LogP contribution is -2.49. The number of hydrogen-bond acceptors (Lipinski definition) is 5. The van der Waals surface area contributed by atoms with Gasteiger partial charge in [0.05, 0.1) is 6.61 Å². The van der Waals surface area contributed by atoms with Crippen molar-refractivity contribution in [2.75, 3.05) is 37.7 Å². The number of carbonyl (C=O) groups excluding carboxylic acids is 1. The molecule has 1 fully saturated rings. The third kappa shape index (κ3) is 2.72. The minimum atomic E-state index is 0.0910. The van der Waals surface area contributed by atoms with Crippen LogP contribution in [0.5, 0.6) is 5.75 Å². The fraction of sp³-hybridized carbons (Fsp3) is 0.353. The molecule has 0 N–H and O–H groups in total. The first-order valence-electron chi connectivity index (χ1n) is 7.88. The van der Waals surface area contributed by atoms with E-state index < -0.39 is 0 Å². The molecule has 0 saturated carbocycles. The summed E-state index contributed by atoms with van der Waals surface area (Å²) in [5, 5.41) is 0. The van der Waals surface area contributed by atoms with Crippen molar-refractivity contribution < 1.29 is 9.53 Å². The molecule has 0 spiro atoms. The normalized spacial score (nSPS) is 16.9. The van der Waals surface area contributed by atoms with Gasteiger partial charge >= 0.3 is 0 Å². The van der Waals surface area contributed by atoms with Crippen LogP contribution in [-0.2, 0) is 6.42 Å². The van der Waals surface area contributed by atoms with Crippen LogP contribution in [0.3, 0.4) is 0 Å². The van der Waals surface area contributed by atoms with Gasteiger partial charge in [0.25, 0.3) is 5.91 Å². The highest BCUT2D eigenvalue weighted by Crippen LogP contribution is 2.26. The molecule has 6 nitrogen and oxygen atoms in total. The summed E-state index contributed by atoms with van der Waals surface area (Å²) in [6, 6.07) is 7.54. The number of fused-ring (bicyclic) bond motifs is 1. The van der Waals surface area contributed by atoms with Gasteiger partial charge < -0.3 is 14.5 Å². The molecule has 118 valence electrons. The Bertz CT molecular complexity index is 712. The smallest absolute Gasteiger partial charge is 0.253 e. The lowest BCUT2D eigenvalue weighted by Gasteiger charge is -2.34. The highest BCUT2D eigenvalue weighted by molar-refractivity contribution is 5.94. The van der Waals surface area contributed by atoms with Gasteiger partial charge in [0.15, 0.2) is 0 Å². The van der Waals surface area contributed by atoms with Gasteiger partial charge in [-0.3, -0.25) is 4.79 Å². The maximum atomic E-state index is 12.7. The van der Waals surface area contributed by atoms with Crippen LogP contribution in [0.1, 0.15) is 15.9 Å². The first kappa shape index (κ1) is 14.0. The van der Waals surface area contributed by atoms with Crippen molar-refractivity contribution in [3.63, 3.8) is 0 Å². The van der Waals surface area contributed by atoms with Crippen LogP contribution >= 0.6 is 0 Å². The summed E-state index contributed by atoms with van der Waals surface area (Å²) >= 11 is 0. The molecule has 4 rings (SSSR count). The molecule has 0 aliphatic carbocycles. The molecule has 23 heavy (non-hydrogen) atoms. The number of rotatable bonds is 2. The average Bonchev–Trinajstić information content (AvgIpc) is 3.10. The number of nitrogens with zero attached hydrogens (tertiary/aromatic N) is 4. The third-order valence-corrected chi connectivity index (χ3v) is 4.34. The van der Waals surface area contributed by atoms with Crippen LogP contribution in [0.15, 0.2) is 36.7 Å². The Hall–Kier alpha value is -2.63. The van der Waals surface area contributed by atoms with Crippen molar-refractivity contribution >= 4 is 11.9 Å². The number of aromatic nitrogens is 2. The monoisotopic (exact) mass is 310 g/mol. The summed E-state index contributed by atoms with van der Waals surface area (Å²) in [5.74, 6) is 1.73. The number of piperazine rings is 1. The largest absolute Gasteiger partial charge is 0.493 e. The lowest BCUT2D eigenvalue weighted by molar-refractivity contribution is 0.0746. The second-order valence-electron chi connectivity index (χ2n) is 5.75. The van der Waals surface area contributed by atoms with Crippen molar-refractivity contribution in [2.24, 2.45) is 0 Å². The average molecular weight is 310 g/mol. The number of benzene rings is 1. The quantitative estimate of drug-likeness (QED) is 0.838. The Kier molecular flexibility index (Phi) is 3.57. The van der Waals surface area contributed by atoms with Gasteiger partial charge in [-0.25, -0.2) is 9.97 Å². The minimum absolute atomic E-state index is 0.0910. The van der Waals surface area contributed by atoms with Crippen LogP contribution in [0.25, 0.3) is 0 Å². The lowest BCUT2D eigenvalue weighted by atomic mass is 10.1. The molecule has 2 aliphatic rings. The van der Waals surface area contributed by atoms with Gasteiger partial charge in [-0.2, -0.15) is 0 Å². The van der Waals surface area contributed by atoms with E-state index in [4.69, 9.17) is 4.74 Å². The van der Waals surface area contributed by atoms with Crippen molar-refractivity contribution in [1.82, 2.24) is 14.9 Å².